The van der Waals surface area contributed by atoms with Crippen LogP contribution in [-0.4, -0.2) is 37.0 Å². The first-order chi connectivity index (χ1) is 13.7. The molecule has 0 heterocycles. The van der Waals surface area contributed by atoms with E-state index >= 15 is 0 Å². The molecule has 1 N–H and O–H groups in total. The number of hydrogen-bond donors (Lipinski definition) is 1. The lowest BCUT2D eigenvalue weighted by molar-refractivity contribution is -0.145. The van der Waals surface area contributed by atoms with Gasteiger partial charge in [0.25, 0.3) is 0 Å². The molecule has 0 aromatic heterocycles. The summed E-state index contributed by atoms with van der Waals surface area (Å²) in [7, 11) is 0. The van der Waals surface area contributed by atoms with Crippen molar-refractivity contribution >= 4 is 5.97 Å². The largest absolute Gasteiger partial charge is 0.491 e. The van der Waals surface area contributed by atoms with Crippen molar-refractivity contribution in [1.82, 2.24) is 0 Å². The van der Waals surface area contributed by atoms with Crippen LogP contribution in [0.4, 0.5) is 0 Å². The number of aryl methyl sites for hydroxylation is 1. The van der Waals surface area contributed by atoms with Gasteiger partial charge in [0.05, 0.1) is 12.7 Å². The molecule has 0 aliphatic carbocycles. The van der Waals surface area contributed by atoms with Crippen LogP contribution in [0.5, 0.6) is 11.5 Å². The highest BCUT2D eigenvalue weighted by atomic mass is 16.6. The van der Waals surface area contributed by atoms with Crippen molar-refractivity contribution in [3.63, 3.8) is 0 Å². The van der Waals surface area contributed by atoms with E-state index in [0.29, 0.717) is 12.4 Å². The minimum atomic E-state index is -0.522. The third-order valence-electron chi connectivity index (χ3n) is 4.63. The van der Waals surface area contributed by atoms with Crippen LogP contribution in [0.3, 0.4) is 0 Å². The highest BCUT2D eigenvalue weighted by molar-refractivity contribution is 5.71. The fraction of sp³-hybridized carbons (Fsp3) is 0.458. The standard InChI is InChI=1S/C24H32O5/c1-6-27-23(26)16-28-20-10-7-18(8-11-20)14-19-9-12-21(17(2)13-19)29-15-22(25)24(3,4)5/h7-13,22,25H,6,14-16H2,1-5H3. The fourth-order valence-electron chi connectivity index (χ4n) is 2.69. The first-order valence-corrected chi connectivity index (χ1v) is 9.96. The normalized spacial score (nSPS) is 12.3. The van der Waals surface area contributed by atoms with Crippen LogP contribution in [0.1, 0.15) is 44.4 Å². The maximum Gasteiger partial charge on any atom is 0.344 e. The summed E-state index contributed by atoms with van der Waals surface area (Å²) in [6.07, 6.45) is 0.260. The molecular weight excluding hydrogens is 368 g/mol. The minimum absolute atomic E-state index is 0.0856. The van der Waals surface area contributed by atoms with Gasteiger partial charge in [-0.2, -0.15) is 0 Å². The molecule has 0 fully saturated rings. The predicted octanol–water partition coefficient (Wildman–Crippen LogP) is 4.31. The Hall–Kier alpha value is -2.53. The average Bonchev–Trinajstić information content (AvgIpc) is 2.66. The molecule has 0 aliphatic rings. The number of esters is 1. The van der Waals surface area contributed by atoms with Gasteiger partial charge in [-0.05, 0) is 60.6 Å². The molecule has 2 rings (SSSR count). The summed E-state index contributed by atoms with van der Waals surface area (Å²) in [5.41, 5.74) is 3.15. The molecule has 0 saturated carbocycles. The van der Waals surface area contributed by atoms with Crippen LogP contribution in [0.15, 0.2) is 42.5 Å². The van der Waals surface area contributed by atoms with Gasteiger partial charge in [-0.3, -0.25) is 0 Å². The SMILES string of the molecule is CCOC(=O)COc1ccc(Cc2ccc(OCC(O)C(C)(C)C)c(C)c2)cc1. The van der Waals surface area contributed by atoms with Crippen molar-refractivity contribution < 1.29 is 24.1 Å². The Morgan fingerprint density at radius 2 is 1.69 bits per heavy atom. The lowest BCUT2D eigenvalue weighted by atomic mass is 9.90. The van der Waals surface area contributed by atoms with Crippen LogP contribution in [0, 0.1) is 12.3 Å². The number of carbonyl (C=O) groups is 1. The fourth-order valence-corrected chi connectivity index (χ4v) is 2.69. The quantitative estimate of drug-likeness (QED) is 0.635. The van der Waals surface area contributed by atoms with Gasteiger partial charge in [-0.15, -0.1) is 0 Å². The number of aliphatic hydroxyl groups is 1. The smallest absolute Gasteiger partial charge is 0.344 e. The summed E-state index contributed by atoms with van der Waals surface area (Å²) in [6, 6.07) is 13.8. The molecule has 29 heavy (non-hydrogen) atoms. The van der Waals surface area contributed by atoms with Crippen molar-refractivity contribution in [3.05, 3.63) is 59.2 Å². The van der Waals surface area contributed by atoms with Crippen LogP contribution in [0.25, 0.3) is 0 Å². The average molecular weight is 401 g/mol. The highest BCUT2D eigenvalue weighted by Gasteiger charge is 2.22. The number of carbonyl (C=O) groups excluding carboxylic acids is 1. The molecule has 0 saturated heterocycles. The summed E-state index contributed by atoms with van der Waals surface area (Å²) >= 11 is 0. The molecule has 2 aromatic rings. The van der Waals surface area contributed by atoms with E-state index in [1.165, 1.54) is 5.56 Å². The molecule has 0 spiro atoms. The maximum atomic E-state index is 11.3. The van der Waals surface area contributed by atoms with E-state index in [0.717, 1.165) is 23.3 Å². The first-order valence-electron chi connectivity index (χ1n) is 9.96. The molecular formula is C24H32O5. The van der Waals surface area contributed by atoms with Crippen LogP contribution in [0.2, 0.25) is 0 Å². The number of rotatable bonds is 9. The summed E-state index contributed by atoms with van der Waals surface area (Å²) in [6.45, 7) is 10.3. The van der Waals surface area contributed by atoms with Gasteiger partial charge in [0.15, 0.2) is 6.61 Å². The zero-order valence-corrected chi connectivity index (χ0v) is 18.0. The van der Waals surface area contributed by atoms with E-state index in [2.05, 4.69) is 6.07 Å². The van der Waals surface area contributed by atoms with Gasteiger partial charge < -0.3 is 19.3 Å². The van der Waals surface area contributed by atoms with E-state index in [1.54, 1.807) is 6.92 Å². The number of ether oxygens (including phenoxy) is 3. The molecule has 0 radical (unpaired) electrons. The van der Waals surface area contributed by atoms with Crippen molar-refractivity contribution in [2.45, 2.75) is 47.1 Å². The Morgan fingerprint density at radius 3 is 2.28 bits per heavy atom. The summed E-state index contributed by atoms with van der Waals surface area (Å²) in [5.74, 6) is 1.06. The number of benzene rings is 2. The zero-order chi connectivity index (χ0) is 21.4. The third kappa shape index (κ3) is 7.42. The predicted molar refractivity (Wildman–Crippen MR) is 114 cm³/mol. The first kappa shape index (κ1) is 22.8. The van der Waals surface area contributed by atoms with Crippen LogP contribution in [-0.2, 0) is 16.0 Å². The Labute approximate surface area is 173 Å². The Kier molecular flexibility index (Phi) is 8.09. The molecule has 1 atom stereocenters. The van der Waals surface area contributed by atoms with Crippen LogP contribution < -0.4 is 9.47 Å². The number of hydrogen-bond acceptors (Lipinski definition) is 5. The van der Waals surface area contributed by atoms with Gasteiger partial charge in [-0.25, -0.2) is 4.79 Å². The van der Waals surface area contributed by atoms with Crippen molar-refractivity contribution in [2.75, 3.05) is 19.8 Å². The van der Waals surface area contributed by atoms with Gasteiger partial charge in [0.2, 0.25) is 0 Å². The molecule has 5 nitrogen and oxygen atoms in total. The van der Waals surface area contributed by atoms with Gasteiger partial charge >= 0.3 is 5.97 Å². The Morgan fingerprint density at radius 1 is 1.03 bits per heavy atom. The van der Waals surface area contributed by atoms with Crippen molar-refractivity contribution in [1.29, 1.82) is 0 Å². The summed E-state index contributed by atoms with van der Waals surface area (Å²) < 4.78 is 16.1. The zero-order valence-electron chi connectivity index (χ0n) is 18.0. The minimum Gasteiger partial charge on any atom is -0.491 e. The van der Waals surface area contributed by atoms with E-state index in [9.17, 15) is 9.90 Å². The van der Waals surface area contributed by atoms with E-state index in [-0.39, 0.29) is 24.6 Å². The Bertz CT molecular complexity index is 790. The molecule has 0 amide bonds. The topological polar surface area (TPSA) is 65.0 Å². The van der Waals surface area contributed by atoms with Crippen LogP contribution >= 0.6 is 0 Å². The van der Waals surface area contributed by atoms with Gasteiger partial charge in [0, 0.05) is 0 Å². The molecule has 0 aliphatic heterocycles. The lowest BCUT2D eigenvalue weighted by Crippen LogP contribution is -2.32. The molecule has 5 heteroatoms. The Balaban J connectivity index is 1.91. The summed E-state index contributed by atoms with van der Waals surface area (Å²) in [4.78, 5) is 11.3. The maximum absolute atomic E-state index is 11.3. The second-order valence-electron chi connectivity index (χ2n) is 8.21. The van der Waals surface area contributed by atoms with Crippen molar-refractivity contribution in [2.24, 2.45) is 5.41 Å². The van der Waals surface area contributed by atoms with E-state index in [4.69, 9.17) is 14.2 Å². The second kappa shape index (κ2) is 10.3. The van der Waals surface area contributed by atoms with Gasteiger partial charge in [-0.1, -0.05) is 45.0 Å². The van der Waals surface area contributed by atoms with E-state index < -0.39 is 6.10 Å². The monoisotopic (exact) mass is 400 g/mol. The number of aliphatic hydroxyl groups excluding tert-OH is 1. The van der Waals surface area contributed by atoms with Gasteiger partial charge in [0.1, 0.15) is 18.1 Å². The summed E-state index contributed by atoms with van der Waals surface area (Å²) in [5, 5.41) is 10.1. The molecule has 2 aromatic carbocycles. The van der Waals surface area contributed by atoms with E-state index in [1.807, 2.05) is 64.1 Å². The lowest BCUT2D eigenvalue weighted by Gasteiger charge is -2.26. The molecule has 1 unspecified atom stereocenters. The molecule has 158 valence electrons. The molecule has 0 bridgehead atoms. The van der Waals surface area contributed by atoms with Crippen molar-refractivity contribution in [3.8, 4) is 11.5 Å². The highest BCUT2D eigenvalue weighted by Crippen LogP contribution is 2.24. The third-order valence-corrected chi connectivity index (χ3v) is 4.63. The second-order valence-corrected chi connectivity index (χ2v) is 8.21.